The Balaban J connectivity index is 1.77. The van der Waals surface area contributed by atoms with E-state index >= 15 is 0 Å². The second-order valence-electron chi connectivity index (χ2n) is 4.67. The number of thioether (sulfide) groups is 1. The Morgan fingerprint density at radius 2 is 2.18 bits per heavy atom. The van der Waals surface area contributed by atoms with Crippen LogP contribution >= 0.6 is 11.8 Å². The third-order valence-electron chi connectivity index (χ3n) is 3.47. The van der Waals surface area contributed by atoms with E-state index in [1.807, 2.05) is 11.6 Å². The topological polar surface area (TPSA) is 60.0 Å². The monoisotopic (exact) mass is 255 g/mol. The molecule has 1 atom stereocenters. The lowest BCUT2D eigenvalue weighted by Crippen LogP contribution is -2.36. The SMILES string of the molecule is CN1CCCCC1CCSc1nnc(N)n1C. The lowest BCUT2D eigenvalue weighted by molar-refractivity contribution is 0.182. The standard InChI is InChI=1S/C11H21N5S/c1-15-7-4-3-5-9(15)6-8-17-11-14-13-10(12)16(11)2/h9H,3-8H2,1-2H3,(H2,12,13). The molecule has 17 heavy (non-hydrogen) atoms. The summed E-state index contributed by atoms with van der Waals surface area (Å²) in [6, 6.07) is 0.738. The van der Waals surface area contributed by atoms with Crippen LogP contribution in [0.25, 0.3) is 0 Å². The summed E-state index contributed by atoms with van der Waals surface area (Å²) in [5, 5.41) is 8.83. The van der Waals surface area contributed by atoms with Crippen LogP contribution in [0.2, 0.25) is 0 Å². The van der Waals surface area contributed by atoms with Crippen molar-refractivity contribution < 1.29 is 0 Å². The maximum Gasteiger partial charge on any atom is 0.222 e. The van der Waals surface area contributed by atoms with Crippen LogP contribution in [0.3, 0.4) is 0 Å². The van der Waals surface area contributed by atoms with Gasteiger partial charge in [0.2, 0.25) is 5.95 Å². The summed E-state index contributed by atoms with van der Waals surface area (Å²) in [5.74, 6) is 1.57. The molecule has 0 aliphatic carbocycles. The van der Waals surface area contributed by atoms with Crippen LogP contribution in [0.5, 0.6) is 0 Å². The average molecular weight is 255 g/mol. The van der Waals surface area contributed by atoms with Crippen LogP contribution in [0.15, 0.2) is 5.16 Å². The average Bonchev–Trinajstić information content (AvgIpc) is 2.63. The largest absolute Gasteiger partial charge is 0.368 e. The molecule has 1 saturated heterocycles. The highest BCUT2D eigenvalue weighted by molar-refractivity contribution is 7.99. The Labute approximate surface area is 107 Å². The van der Waals surface area contributed by atoms with Gasteiger partial charge in [0.05, 0.1) is 0 Å². The van der Waals surface area contributed by atoms with Crippen molar-refractivity contribution in [2.75, 3.05) is 25.1 Å². The number of anilines is 1. The first-order chi connectivity index (χ1) is 8.18. The fourth-order valence-electron chi connectivity index (χ4n) is 2.25. The molecule has 1 aromatic heterocycles. The van der Waals surface area contributed by atoms with Crippen molar-refractivity contribution >= 4 is 17.7 Å². The first-order valence-corrected chi connectivity index (χ1v) is 7.15. The predicted molar refractivity (Wildman–Crippen MR) is 71.0 cm³/mol. The van der Waals surface area contributed by atoms with Crippen molar-refractivity contribution in [2.45, 2.75) is 36.9 Å². The van der Waals surface area contributed by atoms with Crippen molar-refractivity contribution in [3.8, 4) is 0 Å². The Morgan fingerprint density at radius 3 is 2.82 bits per heavy atom. The van der Waals surface area contributed by atoms with E-state index in [4.69, 9.17) is 5.73 Å². The van der Waals surface area contributed by atoms with Crippen LogP contribution in [-0.4, -0.2) is 45.1 Å². The van der Waals surface area contributed by atoms with Crippen LogP contribution in [-0.2, 0) is 7.05 Å². The van der Waals surface area contributed by atoms with E-state index in [9.17, 15) is 0 Å². The van der Waals surface area contributed by atoms with E-state index in [2.05, 4.69) is 22.1 Å². The summed E-state index contributed by atoms with van der Waals surface area (Å²) < 4.78 is 1.84. The zero-order valence-electron chi connectivity index (χ0n) is 10.6. The van der Waals surface area contributed by atoms with Gasteiger partial charge in [0, 0.05) is 18.8 Å². The fourth-order valence-corrected chi connectivity index (χ4v) is 3.21. The van der Waals surface area contributed by atoms with Crippen molar-refractivity contribution in [1.29, 1.82) is 0 Å². The summed E-state index contributed by atoms with van der Waals surface area (Å²) in [5.41, 5.74) is 5.65. The fraction of sp³-hybridized carbons (Fsp3) is 0.818. The molecule has 96 valence electrons. The second kappa shape index (κ2) is 5.73. The summed E-state index contributed by atoms with van der Waals surface area (Å²) in [4.78, 5) is 2.48. The molecule has 1 aliphatic rings. The van der Waals surface area contributed by atoms with Gasteiger partial charge in [-0.3, -0.25) is 4.57 Å². The highest BCUT2D eigenvalue weighted by atomic mass is 32.2. The molecule has 2 N–H and O–H groups in total. The summed E-state index contributed by atoms with van der Waals surface area (Å²) >= 11 is 1.75. The molecule has 0 radical (unpaired) electrons. The number of nitrogen functional groups attached to an aromatic ring is 1. The molecule has 2 heterocycles. The molecule has 1 aromatic rings. The van der Waals surface area contributed by atoms with Gasteiger partial charge in [-0.05, 0) is 32.9 Å². The highest BCUT2D eigenvalue weighted by Crippen LogP contribution is 2.22. The Morgan fingerprint density at radius 1 is 1.35 bits per heavy atom. The summed E-state index contributed by atoms with van der Waals surface area (Å²) in [6.07, 6.45) is 5.27. The van der Waals surface area contributed by atoms with Crippen molar-refractivity contribution in [3.63, 3.8) is 0 Å². The molecular weight excluding hydrogens is 234 g/mol. The molecule has 0 bridgehead atoms. The predicted octanol–water partition coefficient (Wildman–Crippen LogP) is 1.36. The van der Waals surface area contributed by atoms with E-state index in [0.29, 0.717) is 5.95 Å². The number of aromatic nitrogens is 3. The molecule has 1 aliphatic heterocycles. The molecule has 0 aromatic carbocycles. The molecule has 0 spiro atoms. The minimum Gasteiger partial charge on any atom is -0.368 e. The normalized spacial score (nSPS) is 21.9. The van der Waals surface area contributed by atoms with Gasteiger partial charge in [-0.1, -0.05) is 18.2 Å². The zero-order chi connectivity index (χ0) is 12.3. The van der Waals surface area contributed by atoms with E-state index in [1.165, 1.54) is 32.2 Å². The molecule has 1 fully saturated rings. The number of piperidine rings is 1. The molecule has 5 nitrogen and oxygen atoms in total. The quantitative estimate of drug-likeness (QED) is 0.823. The number of rotatable bonds is 4. The van der Waals surface area contributed by atoms with Crippen molar-refractivity contribution in [3.05, 3.63) is 0 Å². The number of nitrogens with zero attached hydrogens (tertiary/aromatic N) is 4. The number of likely N-dealkylation sites (tertiary alicyclic amines) is 1. The third kappa shape index (κ3) is 3.13. The van der Waals surface area contributed by atoms with Gasteiger partial charge >= 0.3 is 0 Å². The maximum absolute atomic E-state index is 5.65. The van der Waals surface area contributed by atoms with Crippen LogP contribution in [0.4, 0.5) is 5.95 Å². The van der Waals surface area contributed by atoms with Gasteiger partial charge in [-0.15, -0.1) is 10.2 Å². The van der Waals surface area contributed by atoms with Crippen molar-refractivity contribution in [1.82, 2.24) is 19.7 Å². The number of hydrogen-bond acceptors (Lipinski definition) is 5. The van der Waals surface area contributed by atoms with Gasteiger partial charge in [0.25, 0.3) is 0 Å². The molecule has 0 saturated carbocycles. The molecule has 0 amide bonds. The Kier molecular flexibility index (Phi) is 4.28. The first kappa shape index (κ1) is 12.7. The number of hydrogen-bond donors (Lipinski definition) is 1. The maximum atomic E-state index is 5.65. The second-order valence-corrected chi connectivity index (χ2v) is 5.73. The first-order valence-electron chi connectivity index (χ1n) is 6.16. The minimum absolute atomic E-state index is 0.488. The zero-order valence-corrected chi connectivity index (χ0v) is 11.4. The molecule has 2 rings (SSSR count). The van der Waals surface area contributed by atoms with E-state index in [0.717, 1.165) is 17.0 Å². The lowest BCUT2D eigenvalue weighted by atomic mass is 10.0. The lowest BCUT2D eigenvalue weighted by Gasteiger charge is -2.32. The summed E-state index contributed by atoms with van der Waals surface area (Å²) in [7, 11) is 4.14. The minimum atomic E-state index is 0.488. The summed E-state index contributed by atoms with van der Waals surface area (Å²) in [6.45, 7) is 1.24. The van der Waals surface area contributed by atoms with Gasteiger partial charge in [-0.25, -0.2) is 0 Å². The number of nitrogens with two attached hydrogens (primary N) is 1. The molecule has 1 unspecified atom stereocenters. The molecular formula is C11H21N5S. The van der Waals surface area contributed by atoms with E-state index < -0.39 is 0 Å². The smallest absolute Gasteiger partial charge is 0.222 e. The van der Waals surface area contributed by atoms with Gasteiger partial charge in [0.15, 0.2) is 5.16 Å². The van der Waals surface area contributed by atoms with E-state index in [-0.39, 0.29) is 0 Å². The van der Waals surface area contributed by atoms with Crippen molar-refractivity contribution in [2.24, 2.45) is 7.05 Å². The van der Waals surface area contributed by atoms with Crippen LogP contribution in [0, 0.1) is 0 Å². The third-order valence-corrected chi connectivity index (χ3v) is 4.53. The van der Waals surface area contributed by atoms with Gasteiger partial charge in [0.1, 0.15) is 0 Å². The van der Waals surface area contributed by atoms with Gasteiger partial charge in [-0.2, -0.15) is 0 Å². The Hall–Kier alpha value is -0.750. The van der Waals surface area contributed by atoms with E-state index in [1.54, 1.807) is 11.8 Å². The van der Waals surface area contributed by atoms with Crippen LogP contribution < -0.4 is 5.73 Å². The highest BCUT2D eigenvalue weighted by Gasteiger charge is 2.18. The van der Waals surface area contributed by atoms with Crippen LogP contribution in [0.1, 0.15) is 25.7 Å². The molecule has 6 heteroatoms. The Bertz CT molecular complexity index is 365. The van der Waals surface area contributed by atoms with Gasteiger partial charge < -0.3 is 10.6 Å².